The lowest BCUT2D eigenvalue weighted by molar-refractivity contribution is -0.139. The van der Waals surface area contributed by atoms with Crippen molar-refractivity contribution in [2.75, 3.05) is 0 Å². The van der Waals surface area contributed by atoms with Crippen LogP contribution in [0.4, 0.5) is 4.39 Å². The van der Waals surface area contributed by atoms with E-state index in [0.717, 1.165) is 6.07 Å². The summed E-state index contributed by atoms with van der Waals surface area (Å²) in [5.74, 6) is -2.41. The molecule has 0 aliphatic heterocycles. The van der Waals surface area contributed by atoms with Gasteiger partial charge in [-0.25, -0.2) is 9.18 Å². The van der Waals surface area contributed by atoms with Crippen molar-refractivity contribution >= 4 is 39.4 Å². The summed E-state index contributed by atoms with van der Waals surface area (Å²) in [4.78, 5) is 23.1. The van der Waals surface area contributed by atoms with Crippen LogP contribution in [0.2, 0.25) is 5.02 Å². The van der Waals surface area contributed by atoms with E-state index in [0.29, 0.717) is 0 Å². The Morgan fingerprint density at radius 3 is 2.55 bits per heavy atom. The molecule has 110 valence electrons. The van der Waals surface area contributed by atoms with Crippen LogP contribution in [0.5, 0.6) is 0 Å². The van der Waals surface area contributed by atoms with E-state index in [1.54, 1.807) is 0 Å². The minimum atomic E-state index is -1.13. The zero-order valence-corrected chi connectivity index (χ0v) is 13.3. The molecule has 1 aromatic carbocycles. The molecule has 0 saturated carbocycles. The second-order valence-electron chi connectivity index (χ2n) is 4.74. The summed E-state index contributed by atoms with van der Waals surface area (Å²) in [5, 5.41) is 11.5. The number of hydrogen-bond donors (Lipinski definition) is 2. The number of nitrogens with one attached hydrogen (secondary N) is 1. The monoisotopic (exact) mass is 365 g/mol. The van der Waals surface area contributed by atoms with E-state index >= 15 is 0 Å². The van der Waals surface area contributed by atoms with Crippen molar-refractivity contribution in [1.29, 1.82) is 0 Å². The number of amides is 1. The Morgan fingerprint density at radius 2 is 2.05 bits per heavy atom. The van der Waals surface area contributed by atoms with Gasteiger partial charge in [-0.05, 0) is 40.4 Å². The molecule has 20 heavy (non-hydrogen) atoms. The van der Waals surface area contributed by atoms with Crippen LogP contribution in [-0.2, 0) is 4.79 Å². The van der Waals surface area contributed by atoms with Crippen LogP contribution in [0, 0.1) is 11.7 Å². The van der Waals surface area contributed by atoms with E-state index in [9.17, 15) is 14.0 Å². The Kier molecular flexibility index (Phi) is 5.95. The van der Waals surface area contributed by atoms with Gasteiger partial charge in [0, 0.05) is 5.02 Å². The van der Waals surface area contributed by atoms with E-state index < -0.39 is 23.7 Å². The van der Waals surface area contributed by atoms with Crippen LogP contribution < -0.4 is 5.32 Å². The van der Waals surface area contributed by atoms with Crippen molar-refractivity contribution in [2.45, 2.75) is 26.3 Å². The van der Waals surface area contributed by atoms with Crippen molar-refractivity contribution in [2.24, 2.45) is 5.92 Å². The zero-order valence-electron chi connectivity index (χ0n) is 10.9. The lowest BCUT2D eigenvalue weighted by atomic mass is 10.0. The highest BCUT2D eigenvalue weighted by atomic mass is 79.9. The van der Waals surface area contributed by atoms with Crippen molar-refractivity contribution in [3.8, 4) is 0 Å². The zero-order chi connectivity index (χ0) is 15.4. The Morgan fingerprint density at radius 1 is 1.45 bits per heavy atom. The number of carbonyl (C=O) groups is 2. The minimum Gasteiger partial charge on any atom is -0.480 e. The first-order chi connectivity index (χ1) is 9.22. The van der Waals surface area contributed by atoms with Gasteiger partial charge in [0.05, 0.1) is 10.0 Å². The van der Waals surface area contributed by atoms with Crippen molar-refractivity contribution < 1.29 is 19.1 Å². The van der Waals surface area contributed by atoms with Gasteiger partial charge in [0.2, 0.25) is 0 Å². The fraction of sp³-hybridized carbons (Fsp3) is 0.385. The molecule has 0 heterocycles. The third-order valence-corrected chi connectivity index (χ3v) is 3.57. The summed E-state index contributed by atoms with van der Waals surface area (Å²) >= 11 is 8.64. The van der Waals surface area contributed by atoms with Crippen molar-refractivity contribution in [3.63, 3.8) is 0 Å². The largest absolute Gasteiger partial charge is 0.480 e. The second-order valence-corrected chi connectivity index (χ2v) is 5.97. The van der Waals surface area contributed by atoms with Gasteiger partial charge in [-0.2, -0.15) is 0 Å². The molecule has 0 fully saturated rings. The second kappa shape index (κ2) is 7.04. The highest BCUT2D eigenvalue weighted by Crippen LogP contribution is 2.25. The summed E-state index contributed by atoms with van der Waals surface area (Å²) in [6.45, 7) is 3.69. The molecular weight excluding hydrogens is 353 g/mol. The summed E-state index contributed by atoms with van der Waals surface area (Å²) in [7, 11) is 0. The molecule has 1 rings (SSSR count). The number of carbonyl (C=O) groups excluding carboxylic acids is 1. The van der Waals surface area contributed by atoms with Crippen molar-refractivity contribution in [3.05, 3.63) is 33.0 Å². The van der Waals surface area contributed by atoms with Crippen LogP contribution in [0.25, 0.3) is 0 Å². The molecule has 1 aromatic rings. The van der Waals surface area contributed by atoms with Crippen LogP contribution in [0.1, 0.15) is 30.6 Å². The van der Waals surface area contributed by atoms with Crippen LogP contribution in [0.15, 0.2) is 16.6 Å². The van der Waals surface area contributed by atoms with Crippen LogP contribution >= 0.6 is 27.5 Å². The predicted octanol–water partition coefficient (Wildman–Crippen LogP) is 3.47. The molecule has 1 amide bonds. The molecule has 7 heteroatoms. The Balaban J connectivity index is 2.97. The van der Waals surface area contributed by atoms with E-state index in [1.807, 2.05) is 13.8 Å². The van der Waals surface area contributed by atoms with Gasteiger partial charge in [0.1, 0.15) is 11.9 Å². The quantitative estimate of drug-likeness (QED) is 0.784. The number of halogens is 3. The third kappa shape index (κ3) is 4.45. The van der Waals surface area contributed by atoms with Gasteiger partial charge >= 0.3 is 5.97 Å². The predicted molar refractivity (Wildman–Crippen MR) is 77.5 cm³/mol. The maximum absolute atomic E-state index is 13.5. The van der Waals surface area contributed by atoms with Gasteiger partial charge in [-0.1, -0.05) is 25.4 Å². The molecular formula is C13H14BrClFNO3. The van der Waals surface area contributed by atoms with Crippen LogP contribution in [0.3, 0.4) is 0 Å². The highest BCUT2D eigenvalue weighted by molar-refractivity contribution is 9.10. The van der Waals surface area contributed by atoms with E-state index in [2.05, 4.69) is 21.2 Å². The van der Waals surface area contributed by atoms with Gasteiger partial charge in [-0.15, -0.1) is 0 Å². The van der Waals surface area contributed by atoms with Gasteiger partial charge in [0.15, 0.2) is 0 Å². The first-order valence-corrected chi connectivity index (χ1v) is 7.07. The van der Waals surface area contributed by atoms with Gasteiger partial charge in [0.25, 0.3) is 5.91 Å². The van der Waals surface area contributed by atoms with E-state index in [1.165, 1.54) is 6.07 Å². The summed E-state index contributed by atoms with van der Waals surface area (Å²) in [6, 6.07) is 1.31. The number of rotatable bonds is 5. The minimum absolute atomic E-state index is 0.0370. The molecule has 0 saturated heterocycles. The molecule has 0 bridgehead atoms. The first kappa shape index (κ1) is 16.9. The number of carboxylic acids is 1. The first-order valence-electron chi connectivity index (χ1n) is 5.90. The maximum Gasteiger partial charge on any atom is 0.326 e. The average Bonchev–Trinajstić information content (AvgIpc) is 2.32. The fourth-order valence-corrected chi connectivity index (χ4v) is 2.26. The molecule has 0 spiro atoms. The standard InChI is InChI=1S/C13H14BrClFNO3/c1-6(2)3-10(13(19)20)17-12(18)8-4-7(15)5-9(16)11(8)14/h4-6,10H,3H2,1-2H3,(H,17,18)(H,19,20). The van der Waals surface area contributed by atoms with Crippen LogP contribution in [-0.4, -0.2) is 23.0 Å². The molecule has 4 nitrogen and oxygen atoms in total. The molecule has 0 aliphatic carbocycles. The van der Waals surface area contributed by atoms with Gasteiger partial charge in [-0.3, -0.25) is 4.79 Å². The summed E-state index contributed by atoms with van der Waals surface area (Å²) in [6.07, 6.45) is 0.280. The molecule has 2 N–H and O–H groups in total. The Labute approximate surface area is 129 Å². The lowest BCUT2D eigenvalue weighted by Gasteiger charge is -2.17. The lowest BCUT2D eigenvalue weighted by Crippen LogP contribution is -2.41. The number of benzene rings is 1. The average molecular weight is 367 g/mol. The SMILES string of the molecule is CC(C)CC(NC(=O)c1cc(Cl)cc(F)c1Br)C(=O)O. The maximum atomic E-state index is 13.5. The topological polar surface area (TPSA) is 66.4 Å². The van der Waals surface area contributed by atoms with E-state index in [-0.39, 0.29) is 27.4 Å². The third-order valence-electron chi connectivity index (χ3n) is 2.55. The Hall–Kier alpha value is -1.14. The highest BCUT2D eigenvalue weighted by Gasteiger charge is 2.23. The smallest absolute Gasteiger partial charge is 0.326 e. The fourth-order valence-electron chi connectivity index (χ4n) is 1.65. The Bertz CT molecular complexity index is 537. The molecule has 0 aliphatic rings. The normalized spacial score (nSPS) is 12.3. The van der Waals surface area contributed by atoms with E-state index in [4.69, 9.17) is 16.7 Å². The van der Waals surface area contributed by atoms with Crippen molar-refractivity contribution in [1.82, 2.24) is 5.32 Å². The number of carboxylic acid groups (broad SMARTS) is 1. The molecule has 1 atom stereocenters. The number of aliphatic carboxylic acids is 1. The molecule has 1 unspecified atom stereocenters. The van der Waals surface area contributed by atoms with Gasteiger partial charge < -0.3 is 10.4 Å². The number of hydrogen-bond acceptors (Lipinski definition) is 2. The molecule has 0 radical (unpaired) electrons. The summed E-state index contributed by atoms with van der Waals surface area (Å²) < 4.78 is 13.4. The molecule has 0 aromatic heterocycles. The summed E-state index contributed by atoms with van der Waals surface area (Å²) in [5.41, 5.74) is -0.0370.